The molecule has 4 rings (SSSR count). The zero-order valence-electron chi connectivity index (χ0n) is 16.5. The van der Waals surface area contributed by atoms with E-state index in [0.29, 0.717) is 0 Å². The number of hydrogen-bond donors (Lipinski definition) is 2. The lowest BCUT2D eigenvalue weighted by molar-refractivity contribution is 0.241. The van der Waals surface area contributed by atoms with Gasteiger partial charge in [-0.25, -0.2) is 4.79 Å². The molecule has 1 aromatic heterocycles. The van der Waals surface area contributed by atoms with Gasteiger partial charge in [0.1, 0.15) is 0 Å². The van der Waals surface area contributed by atoms with Gasteiger partial charge in [0.25, 0.3) is 0 Å². The molecule has 0 saturated carbocycles. The molecule has 146 valence electrons. The second kappa shape index (κ2) is 8.33. The Bertz CT molecular complexity index is 1060. The smallest absolute Gasteiger partial charge is 0.326 e. The number of rotatable bonds is 5. The van der Waals surface area contributed by atoms with Crippen molar-refractivity contribution in [2.75, 3.05) is 0 Å². The summed E-state index contributed by atoms with van der Waals surface area (Å²) in [6.45, 7) is 1.98. The molecule has 0 saturated heterocycles. The highest BCUT2D eigenvalue weighted by Crippen LogP contribution is 2.25. The first-order valence-electron chi connectivity index (χ1n) is 9.89. The van der Waals surface area contributed by atoms with E-state index in [-0.39, 0.29) is 18.1 Å². The van der Waals surface area contributed by atoms with Crippen LogP contribution < -0.4 is 11.1 Å². The van der Waals surface area contributed by atoms with Crippen molar-refractivity contribution in [1.29, 1.82) is 0 Å². The van der Waals surface area contributed by atoms with Gasteiger partial charge in [-0.1, -0.05) is 78.9 Å². The lowest BCUT2D eigenvalue weighted by atomic mass is 9.99. The lowest BCUT2D eigenvalue weighted by Crippen LogP contribution is -2.32. The third-order valence-electron chi connectivity index (χ3n) is 5.09. The molecule has 4 heteroatoms. The molecule has 0 unspecified atom stereocenters. The quantitative estimate of drug-likeness (QED) is 0.516. The van der Waals surface area contributed by atoms with Gasteiger partial charge in [0.15, 0.2) is 0 Å². The average molecular weight is 383 g/mol. The van der Waals surface area contributed by atoms with Crippen LogP contribution in [0.4, 0.5) is 4.79 Å². The van der Waals surface area contributed by atoms with E-state index in [1.54, 1.807) is 4.57 Å². The molecular formula is C25H25N3O. The normalized spacial score (nSPS) is 12.2. The summed E-state index contributed by atoms with van der Waals surface area (Å²) in [5.41, 5.74) is 10.1. The summed E-state index contributed by atoms with van der Waals surface area (Å²) < 4.78 is 1.70. The van der Waals surface area contributed by atoms with Crippen LogP contribution >= 0.6 is 0 Å². The molecule has 3 aromatic carbocycles. The highest BCUT2D eigenvalue weighted by atomic mass is 16.2. The summed E-state index contributed by atoms with van der Waals surface area (Å²) in [5, 5.41) is 4.28. The Hall–Kier alpha value is -3.37. The van der Waals surface area contributed by atoms with Crippen molar-refractivity contribution in [3.63, 3.8) is 0 Å². The highest BCUT2D eigenvalue weighted by Gasteiger charge is 2.20. The predicted molar refractivity (Wildman–Crippen MR) is 118 cm³/mol. The molecule has 1 amide bonds. The van der Waals surface area contributed by atoms with Crippen LogP contribution in [0.25, 0.3) is 10.9 Å². The van der Waals surface area contributed by atoms with Gasteiger partial charge in [0.05, 0.1) is 11.6 Å². The number of amides is 1. The standard InChI is InChI=1S/C25H25N3O/c1-18(26)16-21-17-28(23-15-9-8-14-22(21)23)25(29)27-24(19-10-4-2-5-11-19)20-12-6-3-7-13-20/h2-15,17-18,24H,16,26H2,1H3,(H,27,29)/t18-/m1/s1. The summed E-state index contributed by atoms with van der Waals surface area (Å²) in [6, 6.07) is 27.7. The molecule has 0 aliphatic carbocycles. The number of aromatic nitrogens is 1. The maximum absolute atomic E-state index is 13.3. The summed E-state index contributed by atoms with van der Waals surface area (Å²) >= 11 is 0. The van der Waals surface area contributed by atoms with E-state index in [4.69, 9.17) is 5.73 Å². The Morgan fingerprint density at radius 3 is 2.03 bits per heavy atom. The SMILES string of the molecule is C[C@@H](N)Cc1cn(C(=O)NC(c2ccccc2)c2ccccc2)c2ccccc12. The molecule has 0 radical (unpaired) electrons. The molecule has 4 nitrogen and oxygen atoms in total. The fraction of sp³-hybridized carbons (Fsp3) is 0.160. The molecule has 4 aromatic rings. The monoisotopic (exact) mass is 383 g/mol. The lowest BCUT2D eigenvalue weighted by Gasteiger charge is -2.20. The van der Waals surface area contributed by atoms with Gasteiger partial charge in [-0.15, -0.1) is 0 Å². The van der Waals surface area contributed by atoms with Gasteiger partial charge in [-0.05, 0) is 36.1 Å². The predicted octanol–water partition coefficient (Wildman–Crippen LogP) is 4.88. The first kappa shape index (κ1) is 19.0. The van der Waals surface area contributed by atoms with Gasteiger partial charge in [0, 0.05) is 17.6 Å². The average Bonchev–Trinajstić information content (AvgIpc) is 3.11. The van der Waals surface area contributed by atoms with Gasteiger partial charge >= 0.3 is 6.03 Å². The number of carbonyl (C=O) groups excluding carboxylic acids is 1. The number of nitrogens with two attached hydrogens (primary N) is 1. The number of carbonyl (C=O) groups is 1. The number of para-hydroxylation sites is 1. The molecule has 0 aliphatic rings. The van der Waals surface area contributed by atoms with Crippen LogP contribution in [-0.2, 0) is 6.42 Å². The molecule has 1 atom stereocenters. The Balaban J connectivity index is 1.72. The van der Waals surface area contributed by atoms with E-state index >= 15 is 0 Å². The number of nitrogens with one attached hydrogen (secondary N) is 1. The van der Waals surface area contributed by atoms with E-state index in [0.717, 1.165) is 34.0 Å². The second-order valence-electron chi connectivity index (χ2n) is 7.43. The first-order valence-corrected chi connectivity index (χ1v) is 9.89. The maximum atomic E-state index is 13.3. The summed E-state index contributed by atoms with van der Waals surface area (Å²) in [6.07, 6.45) is 2.64. The third kappa shape index (κ3) is 4.08. The number of benzene rings is 3. The minimum atomic E-state index is -0.233. The van der Waals surface area contributed by atoms with Crippen LogP contribution in [0.5, 0.6) is 0 Å². The van der Waals surface area contributed by atoms with Crippen LogP contribution in [0, 0.1) is 0 Å². The third-order valence-corrected chi connectivity index (χ3v) is 5.09. The molecule has 3 N–H and O–H groups in total. The van der Waals surface area contributed by atoms with E-state index in [2.05, 4.69) is 5.32 Å². The van der Waals surface area contributed by atoms with Gasteiger partial charge in [0.2, 0.25) is 0 Å². The second-order valence-corrected chi connectivity index (χ2v) is 7.43. The van der Waals surface area contributed by atoms with Gasteiger partial charge < -0.3 is 11.1 Å². The fourth-order valence-electron chi connectivity index (χ4n) is 3.77. The van der Waals surface area contributed by atoms with Crippen molar-refractivity contribution in [3.8, 4) is 0 Å². The van der Waals surface area contributed by atoms with Gasteiger partial charge in [-0.2, -0.15) is 0 Å². The molecule has 0 fully saturated rings. The zero-order valence-corrected chi connectivity index (χ0v) is 16.5. The zero-order chi connectivity index (χ0) is 20.2. The van der Waals surface area contributed by atoms with Crippen LogP contribution in [0.3, 0.4) is 0 Å². The first-order chi connectivity index (χ1) is 14.1. The van der Waals surface area contributed by atoms with Crippen LogP contribution in [0.1, 0.15) is 29.7 Å². The Kier molecular flexibility index (Phi) is 5.45. The molecule has 29 heavy (non-hydrogen) atoms. The largest absolute Gasteiger partial charge is 0.328 e. The van der Waals surface area contributed by atoms with Crippen LogP contribution in [0.2, 0.25) is 0 Å². The number of nitrogens with zero attached hydrogens (tertiary/aromatic N) is 1. The van der Waals surface area contributed by atoms with E-state index < -0.39 is 0 Å². The van der Waals surface area contributed by atoms with Crippen molar-refractivity contribution >= 4 is 16.9 Å². The fourth-order valence-corrected chi connectivity index (χ4v) is 3.77. The van der Waals surface area contributed by atoms with Crippen molar-refractivity contribution in [1.82, 2.24) is 9.88 Å². The van der Waals surface area contributed by atoms with E-state index in [9.17, 15) is 4.79 Å². The molecule has 0 bridgehead atoms. The van der Waals surface area contributed by atoms with Crippen molar-refractivity contribution < 1.29 is 4.79 Å². The van der Waals surface area contributed by atoms with E-state index in [1.807, 2.05) is 98.0 Å². The molecule has 1 heterocycles. The summed E-state index contributed by atoms with van der Waals surface area (Å²) in [4.78, 5) is 13.3. The Morgan fingerprint density at radius 2 is 1.45 bits per heavy atom. The molecular weight excluding hydrogens is 358 g/mol. The highest BCUT2D eigenvalue weighted by molar-refractivity contribution is 5.94. The van der Waals surface area contributed by atoms with E-state index in [1.165, 1.54) is 0 Å². The minimum Gasteiger partial charge on any atom is -0.328 e. The maximum Gasteiger partial charge on any atom is 0.326 e. The molecule has 0 aliphatic heterocycles. The minimum absolute atomic E-state index is 0.0266. The van der Waals surface area contributed by atoms with Crippen LogP contribution in [-0.4, -0.2) is 16.6 Å². The number of hydrogen-bond acceptors (Lipinski definition) is 2. The summed E-state index contributed by atoms with van der Waals surface area (Å²) in [7, 11) is 0. The number of fused-ring (bicyclic) bond motifs is 1. The topological polar surface area (TPSA) is 60.0 Å². The van der Waals surface area contributed by atoms with Crippen LogP contribution in [0.15, 0.2) is 91.1 Å². The van der Waals surface area contributed by atoms with Crippen molar-refractivity contribution in [2.45, 2.75) is 25.4 Å². The summed E-state index contributed by atoms with van der Waals surface area (Å²) in [5.74, 6) is 0. The van der Waals surface area contributed by atoms with Gasteiger partial charge in [-0.3, -0.25) is 4.57 Å². The molecule has 0 spiro atoms. The van der Waals surface area contributed by atoms with Crippen molar-refractivity contribution in [2.24, 2.45) is 5.73 Å². The van der Waals surface area contributed by atoms with Crippen molar-refractivity contribution in [3.05, 3.63) is 108 Å². The Morgan fingerprint density at radius 1 is 0.897 bits per heavy atom. The Labute approximate surface area is 171 Å².